The van der Waals surface area contributed by atoms with Crippen molar-refractivity contribution in [2.24, 2.45) is 0 Å². The van der Waals surface area contributed by atoms with E-state index in [1.165, 1.54) is 24.3 Å². The minimum atomic E-state index is -0.377. The largest absolute Gasteiger partial charge is 0.339 e. The molecule has 0 unspecified atom stereocenters. The minimum Gasteiger partial charge on any atom is -0.339 e. The number of aromatic nitrogens is 2. The molecule has 1 amide bonds. The number of halogens is 1. The summed E-state index contributed by atoms with van der Waals surface area (Å²) in [6.07, 6.45) is 0. The van der Waals surface area contributed by atoms with Gasteiger partial charge >= 0.3 is 0 Å². The lowest BCUT2D eigenvalue weighted by atomic mass is 10.1. The van der Waals surface area contributed by atoms with Crippen molar-refractivity contribution in [3.8, 4) is 11.4 Å². The Morgan fingerprint density at radius 1 is 1.13 bits per heavy atom. The van der Waals surface area contributed by atoms with Crippen molar-refractivity contribution < 1.29 is 13.7 Å². The summed E-state index contributed by atoms with van der Waals surface area (Å²) in [5.41, 5.74) is 2.73. The van der Waals surface area contributed by atoms with Crippen LogP contribution in [0.2, 0.25) is 0 Å². The average Bonchev–Trinajstić information content (AvgIpc) is 2.96. The quantitative estimate of drug-likeness (QED) is 0.800. The number of benzene rings is 2. The number of rotatable bonds is 3. The van der Waals surface area contributed by atoms with Crippen molar-refractivity contribution in [3.63, 3.8) is 0 Å². The Bertz CT molecular complexity index is 857. The van der Waals surface area contributed by atoms with Crippen LogP contribution in [0.1, 0.15) is 21.8 Å². The lowest BCUT2D eigenvalue weighted by molar-refractivity contribution is 0.102. The van der Waals surface area contributed by atoms with Gasteiger partial charge in [-0.05, 0) is 55.0 Å². The van der Waals surface area contributed by atoms with Gasteiger partial charge < -0.3 is 9.84 Å². The topological polar surface area (TPSA) is 68.0 Å². The second kappa shape index (κ2) is 6.00. The third kappa shape index (κ3) is 3.26. The van der Waals surface area contributed by atoms with E-state index in [1.54, 1.807) is 19.1 Å². The average molecular weight is 311 g/mol. The molecule has 6 heteroatoms. The molecule has 3 aromatic rings. The van der Waals surface area contributed by atoms with Crippen molar-refractivity contribution in [2.45, 2.75) is 13.8 Å². The predicted molar refractivity (Wildman–Crippen MR) is 83.6 cm³/mol. The third-order valence-electron chi connectivity index (χ3n) is 3.37. The van der Waals surface area contributed by atoms with E-state index in [1.807, 2.05) is 13.0 Å². The highest BCUT2D eigenvalue weighted by Gasteiger charge is 2.11. The van der Waals surface area contributed by atoms with Crippen LogP contribution in [0.5, 0.6) is 0 Å². The van der Waals surface area contributed by atoms with Crippen LogP contribution in [-0.4, -0.2) is 16.0 Å². The molecule has 0 fully saturated rings. The van der Waals surface area contributed by atoms with Crippen LogP contribution in [0.15, 0.2) is 47.0 Å². The summed E-state index contributed by atoms with van der Waals surface area (Å²) in [5, 5.41) is 6.67. The molecule has 1 aromatic heterocycles. The van der Waals surface area contributed by atoms with Crippen LogP contribution < -0.4 is 5.32 Å². The van der Waals surface area contributed by atoms with Crippen molar-refractivity contribution >= 4 is 11.6 Å². The Hall–Kier alpha value is -3.02. The second-order valence-electron chi connectivity index (χ2n) is 5.13. The minimum absolute atomic E-state index is 0.295. The van der Waals surface area contributed by atoms with Gasteiger partial charge in [0.1, 0.15) is 5.82 Å². The zero-order valence-electron chi connectivity index (χ0n) is 12.6. The molecule has 5 nitrogen and oxygen atoms in total. The number of carbonyl (C=O) groups excluding carboxylic acids is 1. The fraction of sp³-hybridized carbons (Fsp3) is 0.118. The Morgan fingerprint density at radius 3 is 2.48 bits per heavy atom. The summed E-state index contributed by atoms with van der Waals surface area (Å²) in [4.78, 5) is 16.3. The van der Waals surface area contributed by atoms with E-state index < -0.39 is 0 Å². The van der Waals surface area contributed by atoms with E-state index in [9.17, 15) is 9.18 Å². The van der Waals surface area contributed by atoms with E-state index in [4.69, 9.17) is 4.52 Å². The number of anilines is 1. The summed E-state index contributed by atoms with van der Waals surface area (Å²) in [5.74, 6) is 0.321. The Kier molecular flexibility index (Phi) is 3.89. The summed E-state index contributed by atoms with van der Waals surface area (Å²) in [6.45, 7) is 3.59. The molecular weight excluding hydrogens is 297 g/mol. The van der Waals surface area contributed by atoms with E-state index in [0.717, 1.165) is 11.1 Å². The molecule has 0 radical (unpaired) electrons. The predicted octanol–water partition coefficient (Wildman–Crippen LogP) is 3.74. The molecule has 116 valence electrons. The zero-order chi connectivity index (χ0) is 16.4. The number of hydrogen-bond donors (Lipinski definition) is 1. The number of nitrogens with one attached hydrogen (secondary N) is 1. The maximum absolute atomic E-state index is 12.9. The fourth-order valence-corrected chi connectivity index (χ4v) is 2.16. The normalized spacial score (nSPS) is 10.6. The van der Waals surface area contributed by atoms with Gasteiger partial charge in [-0.3, -0.25) is 4.79 Å². The monoisotopic (exact) mass is 311 g/mol. The molecular formula is C17H14FN3O2. The molecule has 0 aliphatic rings. The van der Waals surface area contributed by atoms with Crippen LogP contribution in [0.25, 0.3) is 11.4 Å². The zero-order valence-corrected chi connectivity index (χ0v) is 12.6. The van der Waals surface area contributed by atoms with E-state index >= 15 is 0 Å². The maximum atomic E-state index is 12.9. The number of hydrogen-bond acceptors (Lipinski definition) is 4. The second-order valence-corrected chi connectivity index (χ2v) is 5.13. The number of nitrogens with zero attached hydrogens (tertiary/aromatic N) is 2. The van der Waals surface area contributed by atoms with Gasteiger partial charge in [-0.1, -0.05) is 5.16 Å². The standard InChI is InChI=1S/C17H14FN3O2/c1-10-9-13(16-19-11(2)23-21-16)5-8-15(10)20-17(22)12-3-6-14(18)7-4-12/h3-9H,1-2H3,(H,20,22). The van der Waals surface area contributed by atoms with Crippen LogP contribution in [-0.2, 0) is 0 Å². The smallest absolute Gasteiger partial charge is 0.255 e. The Morgan fingerprint density at radius 2 is 1.87 bits per heavy atom. The van der Waals surface area contributed by atoms with Crippen LogP contribution in [0, 0.1) is 19.7 Å². The molecule has 2 aromatic carbocycles. The lowest BCUT2D eigenvalue weighted by Crippen LogP contribution is -2.12. The van der Waals surface area contributed by atoms with Gasteiger partial charge in [0.15, 0.2) is 0 Å². The molecule has 23 heavy (non-hydrogen) atoms. The highest BCUT2D eigenvalue weighted by Crippen LogP contribution is 2.23. The molecule has 0 aliphatic carbocycles. The van der Waals surface area contributed by atoms with Gasteiger partial charge in [0.05, 0.1) is 0 Å². The molecule has 0 aliphatic heterocycles. The SMILES string of the molecule is Cc1nc(-c2ccc(NC(=O)c3ccc(F)cc3)c(C)c2)no1. The maximum Gasteiger partial charge on any atom is 0.255 e. The number of carbonyl (C=O) groups is 1. The molecule has 0 atom stereocenters. The summed E-state index contributed by atoms with van der Waals surface area (Å²) >= 11 is 0. The molecule has 0 saturated heterocycles. The Labute approximate surface area is 132 Å². The molecule has 0 spiro atoms. The molecule has 3 rings (SSSR count). The van der Waals surface area contributed by atoms with Gasteiger partial charge in [-0.25, -0.2) is 4.39 Å². The first-order chi connectivity index (χ1) is 11.0. The molecule has 1 N–H and O–H groups in total. The highest BCUT2D eigenvalue weighted by molar-refractivity contribution is 6.04. The van der Waals surface area contributed by atoms with Crippen molar-refractivity contribution in [1.29, 1.82) is 0 Å². The highest BCUT2D eigenvalue weighted by atomic mass is 19.1. The van der Waals surface area contributed by atoms with E-state index in [-0.39, 0.29) is 11.7 Å². The third-order valence-corrected chi connectivity index (χ3v) is 3.37. The first kappa shape index (κ1) is 14.9. The van der Waals surface area contributed by atoms with Gasteiger partial charge in [-0.15, -0.1) is 0 Å². The molecule has 1 heterocycles. The fourth-order valence-electron chi connectivity index (χ4n) is 2.16. The Balaban J connectivity index is 1.81. The van der Waals surface area contributed by atoms with Gasteiger partial charge in [0, 0.05) is 23.7 Å². The lowest BCUT2D eigenvalue weighted by Gasteiger charge is -2.09. The first-order valence-corrected chi connectivity index (χ1v) is 7.01. The van der Waals surface area contributed by atoms with Crippen molar-refractivity contribution in [3.05, 3.63) is 65.3 Å². The van der Waals surface area contributed by atoms with Crippen molar-refractivity contribution in [1.82, 2.24) is 10.1 Å². The first-order valence-electron chi connectivity index (χ1n) is 7.01. The van der Waals surface area contributed by atoms with Crippen LogP contribution in [0.3, 0.4) is 0 Å². The van der Waals surface area contributed by atoms with Gasteiger partial charge in [0.25, 0.3) is 5.91 Å². The van der Waals surface area contributed by atoms with Crippen LogP contribution >= 0.6 is 0 Å². The molecule has 0 saturated carbocycles. The van der Waals surface area contributed by atoms with Gasteiger partial charge in [-0.2, -0.15) is 4.98 Å². The van der Waals surface area contributed by atoms with Crippen LogP contribution in [0.4, 0.5) is 10.1 Å². The van der Waals surface area contributed by atoms with E-state index in [0.29, 0.717) is 23.0 Å². The number of aryl methyl sites for hydroxylation is 2. The number of amides is 1. The van der Waals surface area contributed by atoms with E-state index in [2.05, 4.69) is 15.5 Å². The van der Waals surface area contributed by atoms with Crippen molar-refractivity contribution in [2.75, 3.05) is 5.32 Å². The summed E-state index contributed by atoms with van der Waals surface area (Å²) in [6, 6.07) is 10.8. The van der Waals surface area contributed by atoms with Gasteiger partial charge in [0.2, 0.25) is 11.7 Å². The summed E-state index contributed by atoms with van der Waals surface area (Å²) in [7, 11) is 0. The summed E-state index contributed by atoms with van der Waals surface area (Å²) < 4.78 is 17.9. The molecule has 0 bridgehead atoms.